The monoisotopic (exact) mass is 374 g/mol. The Hall–Kier alpha value is -3.16. The number of alkyl halides is 3. The van der Waals surface area contributed by atoms with Gasteiger partial charge in [0, 0.05) is 12.7 Å². The Morgan fingerprint density at radius 3 is 2.70 bits per heavy atom. The van der Waals surface area contributed by atoms with Crippen LogP contribution in [0.25, 0.3) is 0 Å². The smallest absolute Gasteiger partial charge is 0.332 e. The number of urea groups is 1. The van der Waals surface area contributed by atoms with Crippen molar-refractivity contribution in [1.82, 2.24) is 15.1 Å². The number of aromatic nitrogens is 2. The lowest BCUT2D eigenvalue weighted by molar-refractivity contribution is -0.137. The number of rotatable bonds is 3. The predicted octanol–water partition coefficient (Wildman–Crippen LogP) is 3.77. The minimum absolute atomic E-state index is 0.0301. The van der Waals surface area contributed by atoms with E-state index in [2.05, 4.69) is 15.4 Å². The van der Waals surface area contributed by atoms with Gasteiger partial charge in [0.1, 0.15) is 0 Å². The van der Waals surface area contributed by atoms with E-state index in [1.807, 2.05) is 24.3 Å². The molecule has 1 N–H and O–H groups in total. The summed E-state index contributed by atoms with van der Waals surface area (Å²) in [6.45, 7) is -0.0514. The molecule has 8 heteroatoms. The van der Waals surface area contributed by atoms with Crippen molar-refractivity contribution < 1.29 is 18.0 Å². The zero-order valence-corrected chi connectivity index (χ0v) is 14.2. The lowest BCUT2D eigenvalue weighted by Crippen LogP contribution is -2.23. The molecule has 0 aliphatic heterocycles. The molecule has 0 unspecified atom stereocenters. The van der Waals surface area contributed by atoms with Gasteiger partial charge in [0.15, 0.2) is 0 Å². The van der Waals surface area contributed by atoms with E-state index in [1.165, 1.54) is 18.3 Å². The Bertz CT molecular complexity index is 912. The highest BCUT2D eigenvalue weighted by atomic mass is 19.4. The van der Waals surface area contributed by atoms with Crippen LogP contribution in [0.3, 0.4) is 0 Å². The van der Waals surface area contributed by atoms with Crippen molar-refractivity contribution in [2.45, 2.75) is 25.2 Å². The second-order valence-corrected chi connectivity index (χ2v) is 5.92. The number of halogens is 3. The number of hydrogen-bond acceptors (Lipinski definition) is 2. The first-order chi connectivity index (χ1) is 12.9. The molecule has 27 heavy (non-hydrogen) atoms. The molecule has 1 heterocycles. The molecular weight excluding hydrogens is 357 g/mol. The molecule has 3 rings (SSSR count). The summed E-state index contributed by atoms with van der Waals surface area (Å²) in [6, 6.07) is 5.82. The molecule has 1 aromatic heterocycles. The van der Waals surface area contributed by atoms with E-state index in [0.717, 1.165) is 18.6 Å². The number of nitrogens with one attached hydrogen (secondary N) is 1. The molecule has 0 saturated carbocycles. The van der Waals surface area contributed by atoms with Crippen molar-refractivity contribution in [2.75, 3.05) is 0 Å². The first kappa shape index (κ1) is 18.6. The summed E-state index contributed by atoms with van der Waals surface area (Å²) in [5.74, 6) is 0. The largest absolute Gasteiger partial charge is 0.416 e. The zero-order valence-electron chi connectivity index (χ0n) is 14.2. The highest BCUT2D eigenvalue weighted by Crippen LogP contribution is 2.29. The van der Waals surface area contributed by atoms with Crippen LogP contribution in [0.5, 0.6) is 0 Å². The summed E-state index contributed by atoms with van der Waals surface area (Å²) in [7, 11) is 0. The number of carbonyl (C=O) groups excluding carboxylic acids is 1. The van der Waals surface area contributed by atoms with E-state index in [4.69, 9.17) is 0 Å². The third-order valence-electron chi connectivity index (χ3n) is 3.89. The van der Waals surface area contributed by atoms with Crippen LogP contribution < -0.4 is 10.7 Å². The standard InChI is InChI=1S/C19H17F3N4O/c20-19(21,22)15-6-4-5-14(11-15)12-23-18(27)25-16-9-10-26(24-13-16)17-7-2-1-3-8-17/h2-11,13,17H,1,12H2,(H,23,27). The molecule has 0 bridgehead atoms. The fourth-order valence-corrected chi connectivity index (χ4v) is 2.55. The quantitative estimate of drug-likeness (QED) is 0.832. The topological polar surface area (TPSA) is 59.3 Å². The lowest BCUT2D eigenvalue weighted by atomic mass is 10.1. The number of nitrogens with zero attached hydrogens (tertiary/aromatic N) is 3. The summed E-state index contributed by atoms with van der Waals surface area (Å²) >= 11 is 0. The summed E-state index contributed by atoms with van der Waals surface area (Å²) in [5, 5.41) is 7.06. The highest BCUT2D eigenvalue weighted by molar-refractivity contribution is 5.74. The Kier molecular flexibility index (Phi) is 5.54. The molecule has 1 aromatic carbocycles. The normalized spacial score (nSPS) is 15.1. The van der Waals surface area contributed by atoms with E-state index in [-0.39, 0.29) is 12.6 Å². The van der Waals surface area contributed by atoms with Gasteiger partial charge in [0.05, 0.1) is 23.2 Å². The van der Waals surface area contributed by atoms with Crippen molar-refractivity contribution in [1.29, 1.82) is 0 Å². The Balaban J connectivity index is 1.62. The van der Waals surface area contributed by atoms with Crippen LogP contribution in [0, 0.1) is 0 Å². The number of hydrogen-bond donors (Lipinski definition) is 1. The van der Waals surface area contributed by atoms with Gasteiger partial charge in [0.25, 0.3) is 0 Å². The van der Waals surface area contributed by atoms with Crippen molar-refractivity contribution >= 4 is 6.03 Å². The third-order valence-corrected chi connectivity index (χ3v) is 3.89. The Morgan fingerprint density at radius 1 is 1.26 bits per heavy atom. The summed E-state index contributed by atoms with van der Waals surface area (Å²) < 4.78 is 39.8. The highest BCUT2D eigenvalue weighted by Gasteiger charge is 2.30. The molecule has 2 amide bonds. The van der Waals surface area contributed by atoms with Gasteiger partial charge in [-0.3, -0.25) is 4.68 Å². The van der Waals surface area contributed by atoms with E-state index < -0.39 is 17.8 Å². The van der Waals surface area contributed by atoms with Crippen LogP contribution in [0.4, 0.5) is 18.0 Å². The molecule has 0 saturated heterocycles. The SMILES string of the molecule is O=C(N=c1ccn(C2C=CCC=C2)nc1)NCc1cccc(C(F)(F)F)c1. The summed E-state index contributed by atoms with van der Waals surface area (Å²) in [6.07, 6.45) is 7.77. The molecule has 1 aliphatic rings. The molecule has 0 spiro atoms. The second-order valence-electron chi connectivity index (χ2n) is 5.92. The van der Waals surface area contributed by atoms with Gasteiger partial charge >= 0.3 is 12.2 Å². The molecule has 1 aliphatic carbocycles. The number of benzene rings is 1. The van der Waals surface area contributed by atoms with Gasteiger partial charge in [-0.05, 0) is 30.2 Å². The van der Waals surface area contributed by atoms with Gasteiger partial charge in [0.2, 0.25) is 0 Å². The average molecular weight is 374 g/mol. The number of carbonyl (C=O) groups is 1. The van der Waals surface area contributed by atoms with Crippen molar-refractivity contribution in [3.8, 4) is 0 Å². The molecule has 2 aromatic rings. The maximum Gasteiger partial charge on any atom is 0.416 e. The van der Waals surface area contributed by atoms with E-state index >= 15 is 0 Å². The van der Waals surface area contributed by atoms with Gasteiger partial charge in [-0.2, -0.15) is 23.3 Å². The van der Waals surface area contributed by atoms with Gasteiger partial charge in [-0.15, -0.1) is 0 Å². The Labute approximate surface area is 153 Å². The lowest BCUT2D eigenvalue weighted by Gasteiger charge is -2.13. The van der Waals surface area contributed by atoms with E-state index in [9.17, 15) is 18.0 Å². The molecule has 0 radical (unpaired) electrons. The van der Waals surface area contributed by atoms with E-state index in [1.54, 1.807) is 16.9 Å². The van der Waals surface area contributed by atoms with Crippen LogP contribution in [0.15, 0.2) is 72.0 Å². The van der Waals surface area contributed by atoms with Crippen LogP contribution >= 0.6 is 0 Å². The number of amides is 2. The van der Waals surface area contributed by atoms with Crippen molar-refractivity contribution in [2.24, 2.45) is 4.99 Å². The van der Waals surface area contributed by atoms with Crippen LogP contribution in [-0.2, 0) is 12.7 Å². The van der Waals surface area contributed by atoms with E-state index in [0.29, 0.717) is 10.9 Å². The van der Waals surface area contributed by atoms with Gasteiger partial charge in [-0.1, -0.05) is 36.4 Å². The maximum absolute atomic E-state index is 12.7. The van der Waals surface area contributed by atoms with Crippen LogP contribution in [0.1, 0.15) is 23.6 Å². The minimum atomic E-state index is -4.42. The van der Waals surface area contributed by atoms with Crippen molar-refractivity contribution in [3.05, 3.63) is 83.5 Å². The first-order valence-electron chi connectivity index (χ1n) is 8.28. The maximum atomic E-state index is 12.7. The molecule has 0 fully saturated rings. The number of allylic oxidation sites excluding steroid dienone is 4. The summed E-state index contributed by atoms with van der Waals surface area (Å²) in [5.41, 5.74) is -0.415. The third kappa shape index (κ3) is 5.16. The molecule has 0 atom stereocenters. The minimum Gasteiger partial charge on any atom is -0.332 e. The van der Waals surface area contributed by atoms with Crippen molar-refractivity contribution in [3.63, 3.8) is 0 Å². The average Bonchev–Trinajstić information content (AvgIpc) is 2.67. The van der Waals surface area contributed by atoms with Crippen LogP contribution in [0.2, 0.25) is 0 Å². The molecular formula is C19H17F3N4O. The first-order valence-corrected chi connectivity index (χ1v) is 8.28. The fourth-order valence-electron chi connectivity index (χ4n) is 2.55. The molecule has 140 valence electrons. The predicted molar refractivity (Wildman–Crippen MR) is 93.4 cm³/mol. The van der Waals surface area contributed by atoms with Gasteiger partial charge in [-0.25, -0.2) is 4.79 Å². The van der Waals surface area contributed by atoms with Gasteiger partial charge < -0.3 is 5.32 Å². The summed E-state index contributed by atoms with van der Waals surface area (Å²) in [4.78, 5) is 15.7. The fraction of sp³-hybridized carbons (Fsp3) is 0.211. The Morgan fingerprint density at radius 2 is 2.04 bits per heavy atom. The second kappa shape index (κ2) is 8.03. The molecule has 5 nitrogen and oxygen atoms in total. The zero-order chi connectivity index (χ0) is 19.3. The van der Waals surface area contributed by atoms with Crippen LogP contribution in [-0.4, -0.2) is 15.8 Å².